The van der Waals surface area contributed by atoms with Crippen molar-refractivity contribution in [1.29, 1.82) is 0 Å². The molecule has 0 unspecified atom stereocenters. The van der Waals surface area contributed by atoms with Crippen molar-refractivity contribution < 1.29 is 8.42 Å². The van der Waals surface area contributed by atoms with Gasteiger partial charge in [-0.2, -0.15) is 0 Å². The highest BCUT2D eigenvalue weighted by Crippen LogP contribution is 2.03. The molecule has 1 saturated heterocycles. The van der Waals surface area contributed by atoms with E-state index in [-0.39, 0.29) is 11.8 Å². The Morgan fingerprint density at radius 2 is 2.08 bits per heavy atom. The van der Waals surface area contributed by atoms with Crippen molar-refractivity contribution in [2.45, 2.75) is 26.3 Å². The van der Waals surface area contributed by atoms with Crippen molar-refractivity contribution in [2.75, 3.05) is 18.8 Å². The fourth-order valence-electron chi connectivity index (χ4n) is 1.08. The van der Waals surface area contributed by atoms with Gasteiger partial charge in [-0.3, -0.25) is 0 Å². The molecule has 0 atom stereocenters. The van der Waals surface area contributed by atoms with Gasteiger partial charge < -0.3 is 5.32 Å². The van der Waals surface area contributed by atoms with Crippen LogP contribution in [0.5, 0.6) is 0 Å². The maximum absolute atomic E-state index is 11.4. The van der Waals surface area contributed by atoms with Crippen LogP contribution in [0.2, 0.25) is 0 Å². The van der Waals surface area contributed by atoms with E-state index in [1.54, 1.807) is 0 Å². The van der Waals surface area contributed by atoms with E-state index in [9.17, 15) is 8.42 Å². The monoisotopic (exact) mass is 206 g/mol. The van der Waals surface area contributed by atoms with E-state index in [0.717, 1.165) is 19.5 Å². The van der Waals surface area contributed by atoms with Gasteiger partial charge in [-0.05, 0) is 12.3 Å². The van der Waals surface area contributed by atoms with Crippen molar-refractivity contribution >= 4 is 10.0 Å². The summed E-state index contributed by atoms with van der Waals surface area (Å²) in [5.41, 5.74) is 0. The van der Waals surface area contributed by atoms with Crippen molar-refractivity contribution in [1.82, 2.24) is 10.0 Å². The Morgan fingerprint density at radius 1 is 1.46 bits per heavy atom. The highest BCUT2D eigenvalue weighted by atomic mass is 32.2. The van der Waals surface area contributed by atoms with Crippen LogP contribution in [-0.4, -0.2) is 33.3 Å². The maximum Gasteiger partial charge on any atom is 0.211 e. The van der Waals surface area contributed by atoms with Crippen molar-refractivity contribution in [3.63, 3.8) is 0 Å². The Morgan fingerprint density at radius 3 is 2.46 bits per heavy atom. The van der Waals surface area contributed by atoms with Gasteiger partial charge in [0.05, 0.1) is 5.75 Å². The van der Waals surface area contributed by atoms with E-state index in [1.807, 2.05) is 13.8 Å². The summed E-state index contributed by atoms with van der Waals surface area (Å²) >= 11 is 0. The van der Waals surface area contributed by atoms with E-state index in [4.69, 9.17) is 0 Å². The van der Waals surface area contributed by atoms with Crippen molar-refractivity contribution in [3.8, 4) is 0 Å². The summed E-state index contributed by atoms with van der Waals surface area (Å²) in [4.78, 5) is 0. The van der Waals surface area contributed by atoms with E-state index >= 15 is 0 Å². The van der Waals surface area contributed by atoms with Crippen molar-refractivity contribution in [3.05, 3.63) is 0 Å². The Balaban J connectivity index is 2.28. The molecule has 5 heteroatoms. The van der Waals surface area contributed by atoms with Crippen LogP contribution in [-0.2, 0) is 10.0 Å². The Hall–Kier alpha value is -0.130. The summed E-state index contributed by atoms with van der Waals surface area (Å²) in [7, 11) is -3.03. The number of rotatable bonds is 5. The molecular formula is C8H18N2O2S. The van der Waals surface area contributed by atoms with Gasteiger partial charge in [0.1, 0.15) is 0 Å². The minimum absolute atomic E-state index is 0.122. The second-order valence-corrected chi connectivity index (χ2v) is 5.85. The molecule has 1 rings (SSSR count). The molecule has 0 saturated carbocycles. The Kier molecular flexibility index (Phi) is 3.70. The second-order valence-electron chi connectivity index (χ2n) is 3.97. The van der Waals surface area contributed by atoms with Gasteiger partial charge in [0.15, 0.2) is 0 Å². The van der Waals surface area contributed by atoms with Gasteiger partial charge >= 0.3 is 0 Å². The topological polar surface area (TPSA) is 58.2 Å². The molecule has 1 aliphatic heterocycles. The minimum Gasteiger partial charge on any atom is -0.313 e. The van der Waals surface area contributed by atoms with Gasteiger partial charge in [0, 0.05) is 19.1 Å². The second kappa shape index (κ2) is 4.39. The number of hydrogen-bond acceptors (Lipinski definition) is 3. The minimum atomic E-state index is -3.03. The highest BCUT2D eigenvalue weighted by Gasteiger charge is 2.22. The van der Waals surface area contributed by atoms with Crippen LogP contribution in [0.15, 0.2) is 0 Å². The summed E-state index contributed by atoms with van der Waals surface area (Å²) in [5.74, 6) is 0.692. The van der Waals surface area contributed by atoms with Crippen molar-refractivity contribution in [2.24, 2.45) is 5.92 Å². The normalized spacial score (nSPS) is 19.0. The van der Waals surface area contributed by atoms with Crippen LogP contribution in [0.3, 0.4) is 0 Å². The van der Waals surface area contributed by atoms with E-state index in [0.29, 0.717) is 5.92 Å². The lowest BCUT2D eigenvalue weighted by atomic mass is 10.2. The summed E-state index contributed by atoms with van der Waals surface area (Å²) in [6.07, 6.45) is 0.732. The summed E-state index contributed by atoms with van der Waals surface area (Å²) in [5, 5.41) is 3.02. The highest BCUT2D eigenvalue weighted by molar-refractivity contribution is 7.89. The molecule has 0 spiro atoms. The van der Waals surface area contributed by atoms with Crippen LogP contribution in [0.1, 0.15) is 20.3 Å². The fraction of sp³-hybridized carbons (Fsp3) is 1.00. The first-order valence-electron chi connectivity index (χ1n) is 4.70. The number of sulfonamides is 1. The number of nitrogens with one attached hydrogen (secondary N) is 2. The van der Waals surface area contributed by atoms with Gasteiger partial charge in [-0.25, -0.2) is 13.1 Å². The zero-order valence-electron chi connectivity index (χ0n) is 8.21. The lowest BCUT2D eigenvalue weighted by Gasteiger charge is -2.27. The molecule has 1 aliphatic rings. The van der Waals surface area contributed by atoms with Crippen LogP contribution in [0.4, 0.5) is 0 Å². The molecule has 0 amide bonds. The molecule has 0 aliphatic carbocycles. The van der Waals surface area contributed by atoms with E-state index in [2.05, 4.69) is 10.0 Å². The summed E-state index contributed by atoms with van der Waals surface area (Å²) < 4.78 is 25.5. The molecule has 0 aromatic rings. The number of hydrogen-bond donors (Lipinski definition) is 2. The standard InChI is InChI=1S/C8H18N2O2S/c1-7(2)3-4-13(11,12)10-8-5-9-6-8/h7-10H,3-6H2,1-2H3. The molecule has 2 N–H and O–H groups in total. The van der Waals surface area contributed by atoms with E-state index in [1.165, 1.54) is 0 Å². The average Bonchev–Trinajstić information content (AvgIpc) is 1.94. The Bertz CT molecular complexity index is 245. The Labute approximate surface area is 80.1 Å². The third-order valence-electron chi connectivity index (χ3n) is 2.09. The average molecular weight is 206 g/mol. The molecule has 0 aromatic heterocycles. The quantitative estimate of drug-likeness (QED) is 0.661. The maximum atomic E-state index is 11.4. The molecule has 0 aromatic carbocycles. The first-order valence-corrected chi connectivity index (χ1v) is 6.35. The molecule has 4 nitrogen and oxygen atoms in total. The van der Waals surface area contributed by atoms with Gasteiger partial charge in [0.2, 0.25) is 10.0 Å². The lowest BCUT2D eigenvalue weighted by Crippen LogP contribution is -2.57. The van der Waals surface area contributed by atoms with Crippen LogP contribution in [0.25, 0.3) is 0 Å². The predicted molar refractivity (Wildman–Crippen MR) is 53.0 cm³/mol. The van der Waals surface area contributed by atoms with Gasteiger partial charge in [0.25, 0.3) is 0 Å². The molecule has 13 heavy (non-hydrogen) atoms. The predicted octanol–water partition coefficient (Wildman–Crippen LogP) is -0.0763. The summed E-state index contributed by atoms with van der Waals surface area (Å²) in [6.45, 7) is 5.59. The van der Waals surface area contributed by atoms with Crippen LogP contribution in [0, 0.1) is 5.92 Å². The summed E-state index contributed by atoms with van der Waals surface area (Å²) in [6, 6.07) is 0.122. The molecule has 1 heterocycles. The smallest absolute Gasteiger partial charge is 0.211 e. The van der Waals surface area contributed by atoms with Crippen LogP contribution < -0.4 is 10.0 Å². The first-order chi connectivity index (χ1) is 5.99. The van der Waals surface area contributed by atoms with Crippen LogP contribution >= 0.6 is 0 Å². The third kappa shape index (κ3) is 4.06. The zero-order valence-corrected chi connectivity index (χ0v) is 9.02. The van der Waals surface area contributed by atoms with E-state index < -0.39 is 10.0 Å². The SMILES string of the molecule is CC(C)CCS(=O)(=O)NC1CNC1. The van der Waals surface area contributed by atoms with Gasteiger partial charge in [-0.1, -0.05) is 13.8 Å². The molecule has 1 fully saturated rings. The molecular weight excluding hydrogens is 188 g/mol. The molecule has 0 bridgehead atoms. The first kappa shape index (κ1) is 10.9. The third-order valence-corrected chi connectivity index (χ3v) is 3.56. The fourth-order valence-corrected chi connectivity index (χ4v) is 2.65. The largest absolute Gasteiger partial charge is 0.313 e. The molecule has 78 valence electrons. The molecule has 0 radical (unpaired) electrons. The lowest BCUT2D eigenvalue weighted by molar-refractivity contribution is 0.409. The zero-order chi connectivity index (χ0) is 9.90. The van der Waals surface area contributed by atoms with Gasteiger partial charge in [-0.15, -0.1) is 0 Å².